The smallest absolute Gasteiger partial charge is 0.406 e. The summed E-state index contributed by atoms with van der Waals surface area (Å²) < 4.78 is 40.0. The Kier molecular flexibility index (Phi) is 6.41. The molecule has 1 fully saturated rings. The second kappa shape index (κ2) is 8.32. The van der Waals surface area contributed by atoms with Crippen LogP contribution in [-0.2, 0) is 4.79 Å². The molecule has 1 amide bonds. The molecule has 0 spiro atoms. The maximum atomic E-state index is 12.1. The maximum Gasteiger partial charge on any atom is 0.573 e. The van der Waals surface area contributed by atoms with Crippen LogP contribution in [0.15, 0.2) is 24.3 Å². The Labute approximate surface area is 138 Å². The highest BCUT2D eigenvalue weighted by molar-refractivity contribution is 5.92. The molecule has 0 radical (unpaired) electrons. The molecule has 1 aliphatic heterocycles. The highest BCUT2D eigenvalue weighted by atomic mass is 19.4. The molecule has 0 saturated carbocycles. The summed E-state index contributed by atoms with van der Waals surface area (Å²) in [6.45, 7) is 5.03. The zero-order chi connectivity index (χ0) is 17.6. The van der Waals surface area contributed by atoms with E-state index in [4.69, 9.17) is 5.73 Å². The fraction of sp³-hybridized carbons (Fsp3) is 0.533. The monoisotopic (exact) mass is 346 g/mol. The fourth-order valence-electron chi connectivity index (χ4n) is 2.50. The maximum absolute atomic E-state index is 12.1. The molecule has 1 heterocycles. The molecule has 1 aliphatic rings. The summed E-state index contributed by atoms with van der Waals surface area (Å²) in [7, 11) is 0. The SMILES string of the molecule is NCCN1CCN(CC(=O)Nc2ccc(OC(F)(F)F)cc2)CC1. The molecule has 3 N–H and O–H groups in total. The number of nitrogens with two attached hydrogens (primary N) is 1. The van der Waals surface area contributed by atoms with E-state index in [2.05, 4.69) is 15.0 Å². The quantitative estimate of drug-likeness (QED) is 0.807. The van der Waals surface area contributed by atoms with E-state index in [1.54, 1.807) is 0 Å². The molecule has 24 heavy (non-hydrogen) atoms. The van der Waals surface area contributed by atoms with Gasteiger partial charge in [-0.3, -0.25) is 14.6 Å². The molecular weight excluding hydrogens is 325 g/mol. The van der Waals surface area contributed by atoms with E-state index in [-0.39, 0.29) is 18.2 Å². The van der Waals surface area contributed by atoms with Gasteiger partial charge in [0.25, 0.3) is 0 Å². The van der Waals surface area contributed by atoms with Crippen LogP contribution in [0.1, 0.15) is 0 Å². The summed E-state index contributed by atoms with van der Waals surface area (Å²) in [5.74, 6) is -0.525. The predicted octanol–water partition coefficient (Wildman–Crippen LogP) is 1.10. The number of hydrogen-bond donors (Lipinski definition) is 2. The molecule has 134 valence electrons. The molecule has 1 saturated heterocycles. The van der Waals surface area contributed by atoms with Gasteiger partial charge in [-0.2, -0.15) is 0 Å². The predicted molar refractivity (Wildman–Crippen MR) is 83.7 cm³/mol. The molecular formula is C15H21F3N4O2. The Bertz CT molecular complexity index is 529. The highest BCUT2D eigenvalue weighted by Gasteiger charge is 2.31. The summed E-state index contributed by atoms with van der Waals surface area (Å²) in [5, 5.41) is 2.66. The van der Waals surface area contributed by atoms with Crippen LogP contribution in [0.5, 0.6) is 5.75 Å². The molecule has 0 aromatic heterocycles. The lowest BCUT2D eigenvalue weighted by molar-refractivity contribution is -0.274. The van der Waals surface area contributed by atoms with Crippen molar-refractivity contribution in [2.24, 2.45) is 5.73 Å². The normalized spacial score (nSPS) is 16.8. The average molecular weight is 346 g/mol. The van der Waals surface area contributed by atoms with E-state index < -0.39 is 6.36 Å². The molecule has 0 unspecified atom stereocenters. The number of nitrogens with zero attached hydrogens (tertiary/aromatic N) is 2. The Morgan fingerprint density at radius 2 is 1.71 bits per heavy atom. The van der Waals surface area contributed by atoms with Gasteiger partial charge in [-0.25, -0.2) is 0 Å². The average Bonchev–Trinajstić information content (AvgIpc) is 2.50. The van der Waals surface area contributed by atoms with Crippen LogP contribution >= 0.6 is 0 Å². The second-order valence-corrected chi connectivity index (χ2v) is 5.53. The lowest BCUT2D eigenvalue weighted by Gasteiger charge is -2.33. The summed E-state index contributed by atoms with van der Waals surface area (Å²) in [6.07, 6.45) is -4.73. The van der Waals surface area contributed by atoms with Crippen LogP contribution < -0.4 is 15.8 Å². The first kappa shape index (κ1) is 18.5. The van der Waals surface area contributed by atoms with Crippen molar-refractivity contribution in [1.82, 2.24) is 9.80 Å². The van der Waals surface area contributed by atoms with Crippen molar-refractivity contribution in [2.75, 3.05) is 51.1 Å². The molecule has 6 nitrogen and oxygen atoms in total. The van der Waals surface area contributed by atoms with Crippen LogP contribution in [0.4, 0.5) is 18.9 Å². The van der Waals surface area contributed by atoms with Gasteiger partial charge in [0, 0.05) is 45.0 Å². The largest absolute Gasteiger partial charge is 0.573 e. The zero-order valence-electron chi connectivity index (χ0n) is 13.2. The van der Waals surface area contributed by atoms with E-state index in [0.29, 0.717) is 12.2 Å². The lowest BCUT2D eigenvalue weighted by Crippen LogP contribution is -2.49. The zero-order valence-corrected chi connectivity index (χ0v) is 13.2. The second-order valence-electron chi connectivity index (χ2n) is 5.53. The number of carbonyl (C=O) groups excluding carboxylic acids is 1. The van der Waals surface area contributed by atoms with Gasteiger partial charge in [0.2, 0.25) is 5.91 Å². The fourth-order valence-corrected chi connectivity index (χ4v) is 2.50. The van der Waals surface area contributed by atoms with Gasteiger partial charge in [-0.05, 0) is 24.3 Å². The number of nitrogens with one attached hydrogen (secondary N) is 1. The van der Waals surface area contributed by atoms with Crippen LogP contribution in [-0.4, -0.2) is 67.9 Å². The summed E-state index contributed by atoms with van der Waals surface area (Å²) >= 11 is 0. The standard InChI is InChI=1S/C15H21F3N4O2/c16-15(17,18)24-13-3-1-12(2-4-13)20-14(23)11-22-9-7-21(6-5-19)8-10-22/h1-4H,5-11,19H2,(H,20,23). The van der Waals surface area contributed by atoms with Gasteiger partial charge in [-0.15, -0.1) is 13.2 Å². The Hall–Kier alpha value is -1.84. The third kappa shape index (κ3) is 6.34. The van der Waals surface area contributed by atoms with Crippen molar-refractivity contribution in [2.45, 2.75) is 6.36 Å². The molecule has 0 aliphatic carbocycles. The van der Waals surface area contributed by atoms with E-state index in [1.165, 1.54) is 12.1 Å². The number of piperazine rings is 1. The minimum absolute atomic E-state index is 0.202. The minimum atomic E-state index is -4.73. The van der Waals surface area contributed by atoms with Crippen molar-refractivity contribution in [3.63, 3.8) is 0 Å². The molecule has 9 heteroatoms. The number of carbonyl (C=O) groups is 1. The topological polar surface area (TPSA) is 70.8 Å². The third-order valence-corrected chi connectivity index (χ3v) is 3.65. The molecule has 0 bridgehead atoms. The molecule has 1 aromatic carbocycles. The number of alkyl halides is 3. The van der Waals surface area contributed by atoms with Crippen LogP contribution in [0.25, 0.3) is 0 Å². The van der Waals surface area contributed by atoms with Crippen molar-refractivity contribution >= 4 is 11.6 Å². The summed E-state index contributed by atoms with van der Waals surface area (Å²) in [5.41, 5.74) is 5.94. The first-order valence-corrected chi connectivity index (χ1v) is 7.66. The first-order valence-electron chi connectivity index (χ1n) is 7.66. The van der Waals surface area contributed by atoms with E-state index >= 15 is 0 Å². The number of rotatable bonds is 6. The molecule has 2 rings (SSSR count). The van der Waals surface area contributed by atoms with Gasteiger partial charge in [0.1, 0.15) is 5.75 Å². The number of ether oxygens (including phenoxy) is 1. The minimum Gasteiger partial charge on any atom is -0.406 e. The Morgan fingerprint density at radius 1 is 1.12 bits per heavy atom. The number of halogens is 3. The number of hydrogen-bond acceptors (Lipinski definition) is 5. The van der Waals surface area contributed by atoms with Gasteiger partial charge in [0.15, 0.2) is 0 Å². The summed E-state index contributed by atoms with van der Waals surface area (Å²) in [6, 6.07) is 5.07. The van der Waals surface area contributed by atoms with Gasteiger partial charge < -0.3 is 15.8 Å². The lowest BCUT2D eigenvalue weighted by atomic mass is 10.3. The van der Waals surface area contributed by atoms with Gasteiger partial charge in [0.05, 0.1) is 6.54 Å². The third-order valence-electron chi connectivity index (χ3n) is 3.65. The Balaban J connectivity index is 1.76. The number of amides is 1. The highest BCUT2D eigenvalue weighted by Crippen LogP contribution is 2.23. The molecule has 0 atom stereocenters. The van der Waals surface area contributed by atoms with Crippen LogP contribution in [0.2, 0.25) is 0 Å². The number of anilines is 1. The number of benzene rings is 1. The van der Waals surface area contributed by atoms with Crippen molar-refractivity contribution in [3.05, 3.63) is 24.3 Å². The van der Waals surface area contributed by atoms with Gasteiger partial charge >= 0.3 is 6.36 Å². The van der Waals surface area contributed by atoms with Crippen molar-refractivity contribution in [3.8, 4) is 5.75 Å². The van der Waals surface area contributed by atoms with E-state index in [1.807, 2.05) is 4.90 Å². The van der Waals surface area contributed by atoms with Crippen LogP contribution in [0, 0.1) is 0 Å². The Morgan fingerprint density at radius 3 is 2.25 bits per heavy atom. The van der Waals surface area contributed by atoms with Crippen LogP contribution in [0.3, 0.4) is 0 Å². The van der Waals surface area contributed by atoms with Gasteiger partial charge in [-0.1, -0.05) is 0 Å². The van der Waals surface area contributed by atoms with E-state index in [0.717, 1.165) is 44.9 Å². The first-order chi connectivity index (χ1) is 11.4. The van der Waals surface area contributed by atoms with E-state index in [9.17, 15) is 18.0 Å². The molecule has 1 aromatic rings. The summed E-state index contributed by atoms with van der Waals surface area (Å²) in [4.78, 5) is 16.3. The van der Waals surface area contributed by atoms with Crippen molar-refractivity contribution in [1.29, 1.82) is 0 Å². The van der Waals surface area contributed by atoms with Crippen molar-refractivity contribution < 1.29 is 22.7 Å².